The highest BCUT2D eigenvalue weighted by Gasteiger charge is 2.27. The van der Waals surface area contributed by atoms with Crippen LogP contribution >= 0.6 is 27.7 Å². The first-order valence-corrected chi connectivity index (χ1v) is 7.70. The van der Waals surface area contributed by atoms with Gasteiger partial charge in [-0.1, -0.05) is 13.8 Å². The molecule has 5 heteroatoms. The van der Waals surface area contributed by atoms with E-state index in [1.807, 2.05) is 22.7 Å². The largest absolute Gasteiger partial charge is 0.399 e. The maximum Gasteiger partial charge on any atom is 0.255 e. The van der Waals surface area contributed by atoms with E-state index in [9.17, 15) is 4.79 Å². The molecule has 1 saturated heterocycles. The molecule has 2 unspecified atom stereocenters. The number of carbonyl (C=O) groups is 1. The van der Waals surface area contributed by atoms with Gasteiger partial charge in [0.05, 0.1) is 5.56 Å². The van der Waals surface area contributed by atoms with Gasteiger partial charge in [-0.05, 0) is 34.1 Å². The number of nitrogens with two attached hydrogens (primary N) is 1. The number of anilines is 1. The van der Waals surface area contributed by atoms with Crippen LogP contribution in [0.5, 0.6) is 0 Å². The molecule has 0 radical (unpaired) electrons. The first-order chi connectivity index (χ1) is 8.47. The van der Waals surface area contributed by atoms with Crippen molar-refractivity contribution < 1.29 is 4.79 Å². The number of halogens is 1. The number of carbonyl (C=O) groups excluding carboxylic acids is 1. The molecule has 1 amide bonds. The highest BCUT2D eigenvalue weighted by atomic mass is 79.9. The Morgan fingerprint density at radius 2 is 2.00 bits per heavy atom. The third kappa shape index (κ3) is 3.01. The number of nitrogens with zero attached hydrogens (tertiary/aromatic N) is 1. The van der Waals surface area contributed by atoms with Gasteiger partial charge in [-0.15, -0.1) is 0 Å². The predicted molar refractivity (Wildman–Crippen MR) is 81.0 cm³/mol. The summed E-state index contributed by atoms with van der Waals surface area (Å²) < 4.78 is 0.806. The summed E-state index contributed by atoms with van der Waals surface area (Å²) in [5.41, 5.74) is 7.03. The van der Waals surface area contributed by atoms with E-state index < -0.39 is 0 Å². The lowest BCUT2D eigenvalue weighted by atomic mass is 10.1. The zero-order valence-electron chi connectivity index (χ0n) is 10.5. The molecule has 98 valence electrons. The van der Waals surface area contributed by atoms with Crippen LogP contribution < -0.4 is 5.73 Å². The molecule has 0 aliphatic carbocycles. The second-order valence-corrected chi connectivity index (χ2v) is 7.44. The minimum Gasteiger partial charge on any atom is -0.399 e. The minimum atomic E-state index is 0.0631. The molecule has 2 N–H and O–H groups in total. The van der Waals surface area contributed by atoms with Gasteiger partial charge < -0.3 is 10.6 Å². The van der Waals surface area contributed by atoms with Crippen LogP contribution in [0, 0.1) is 0 Å². The summed E-state index contributed by atoms with van der Waals surface area (Å²) in [7, 11) is 0. The van der Waals surface area contributed by atoms with Crippen molar-refractivity contribution in [2.45, 2.75) is 24.3 Å². The standard InChI is InChI=1S/C13H17BrN2OS/c1-8-6-16(7-9(2)18-8)13(17)11-5-10(15)3-4-12(11)14/h3-5,8-9H,6-7,15H2,1-2H3. The fraction of sp³-hybridized carbons (Fsp3) is 0.462. The smallest absolute Gasteiger partial charge is 0.255 e. The molecule has 0 spiro atoms. The Hall–Kier alpha value is -0.680. The molecule has 1 fully saturated rings. The van der Waals surface area contributed by atoms with Gasteiger partial charge in [0.2, 0.25) is 0 Å². The Balaban J connectivity index is 2.22. The molecule has 3 nitrogen and oxygen atoms in total. The first kappa shape index (κ1) is 13.7. The molecule has 1 heterocycles. The molecule has 18 heavy (non-hydrogen) atoms. The number of rotatable bonds is 1. The fourth-order valence-electron chi connectivity index (χ4n) is 2.22. The van der Waals surface area contributed by atoms with Crippen LogP contribution in [0.1, 0.15) is 24.2 Å². The quantitative estimate of drug-likeness (QED) is 0.806. The summed E-state index contributed by atoms with van der Waals surface area (Å²) in [6.45, 7) is 5.92. The van der Waals surface area contributed by atoms with E-state index in [0.29, 0.717) is 21.8 Å². The highest BCUT2D eigenvalue weighted by Crippen LogP contribution is 2.28. The summed E-state index contributed by atoms with van der Waals surface area (Å²) in [4.78, 5) is 14.4. The van der Waals surface area contributed by atoms with E-state index in [2.05, 4.69) is 29.8 Å². The molecule has 2 atom stereocenters. The Labute approximate surface area is 120 Å². The van der Waals surface area contributed by atoms with Gasteiger partial charge in [0.15, 0.2) is 0 Å². The minimum absolute atomic E-state index is 0.0631. The van der Waals surface area contributed by atoms with E-state index >= 15 is 0 Å². The molecule has 1 aromatic rings. The zero-order chi connectivity index (χ0) is 13.3. The zero-order valence-corrected chi connectivity index (χ0v) is 12.9. The second kappa shape index (κ2) is 5.53. The molecular formula is C13H17BrN2OS. The first-order valence-electron chi connectivity index (χ1n) is 5.97. The molecular weight excluding hydrogens is 312 g/mol. The van der Waals surface area contributed by atoms with E-state index in [4.69, 9.17) is 5.73 Å². The second-order valence-electron chi connectivity index (χ2n) is 4.71. The maximum atomic E-state index is 12.5. The third-order valence-electron chi connectivity index (χ3n) is 2.93. The fourth-order valence-corrected chi connectivity index (χ4v) is 3.96. The van der Waals surface area contributed by atoms with Crippen LogP contribution in [0.25, 0.3) is 0 Å². The third-order valence-corrected chi connectivity index (χ3v) is 4.85. The van der Waals surface area contributed by atoms with Crippen molar-refractivity contribution in [3.63, 3.8) is 0 Å². The Morgan fingerprint density at radius 3 is 2.61 bits per heavy atom. The average molecular weight is 329 g/mol. The lowest BCUT2D eigenvalue weighted by Gasteiger charge is -2.34. The van der Waals surface area contributed by atoms with Crippen molar-refractivity contribution in [2.24, 2.45) is 0 Å². The van der Waals surface area contributed by atoms with Crippen molar-refractivity contribution in [1.29, 1.82) is 0 Å². The van der Waals surface area contributed by atoms with Crippen molar-refractivity contribution in [3.05, 3.63) is 28.2 Å². The number of thioether (sulfide) groups is 1. The highest BCUT2D eigenvalue weighted by molar-refractivity contribution is 9.10. The van der Waals surface area contributed by atoms with Crippen molar-refractivity contribution in [2.75, 3.05) is 18.8 Å². The van der Waals surface area contributed by atoms with E-state index in [0.717, 1.165) is 17.6 Å². The topological polar surface area (TPSA) is 46.3 Å². The number of hydrogen-bond donors (Lipinski definition) is 1. The number of nitrogen functional groups attached to an aromatic ring is 1. The normalized spacial score (nSPS) is 24.1. The molecule has 0 aromatic heterocycles. The SMILES string of the molecule is CC1CN(C(=O)c2cc(N)ccc2Br)CC(C)S1. The lowest BCUT2D eigenvalue weighted by molar-refractivity contribution is 0.0752. The van der Waals surface area contributed by atoms with Crippen molar-refractivity contribution >= 4 is 39.3 Å². The Morgan fingerprint density at radius 1 is 1.39 bits per heavy atom. The van der Waals surface area contributed by atoms with Gasteiger partial charge in [0.25, 0.3) is 5.91 Å². The molecule has 2 rings (SSSR count). The van der Waals surface area contributed by atoms with Gasteiger partial charge >= 0.3 is 0 Å². The average Bonchev–Trinajstić information content (AvgIpc) is 2.30. The van der Waals surface area contributed by atoms with Crippen LogP contribution in [-0.4, -0.2) is 34.4 Å². The monoisotopic (exact) mass is 328 g/mol. The van der Waals surface area contributed by atoms with Crippen LogP contribution in [0.2, 0.25) is 0 Å². The van der Waals surface area contributed by atoms with Crippen LogP contribution in [-0.2, 0) is 0 Å². The van der Waals surface area contributed by atoms with Crippen molar-refractivity contribution in [3.8, 4) is 0 Å². The molecule has 0 saturated carbocycles. The van der Waals surface area contributed by atoms with Crippen LogP contribution in [0.3, 0.4) is 0 Å². The Kier molecular flexibility index (Phi) is 4.22. The number of amides is 1. The van der Waals surface area contributed by atoms with E-state index in [-0.39, 0.29) is 5.91 Å². The lowest BCUT2D eigenvalue weighted by Crippen LogP contribution is -2.44. The van der Waals surface area contributed by atoms with Gasteiger partial charge in [-0.2, -0.15) is 11.8 Å². The van der Waals surface area contributed by atoms with Crippen LogP contribution in [0.4, 0.5) is 5.69 Å². The number of benzene rings is 1. The van der Waals surface area contributed by atoms with Crippen molar-refractivity contribution in [1.82, 2.24) is 4.90 Å². The molecule has 1 aliphatic heterocycles. The summed E-state index contributed by atoms with van der Waals surface area (Å²) in [6, 6.07) is 5.36. The summed E-state index contributed by atoms with van der Waals surface area (Å²) in [5.74, 6) is 0.0631. The van der Waals surface area contributed by atoms with Gasteiger partial charge in [0, 0.05) is 33.7 Å². The van der Waals surface area contributed by atoms with Gasteiger partial charge in [-0.25, -0.2) is 0 Å². The summed E-state index contributed by atoms with van der Waals surface area (Å²) >= 11 is 5.35. The number of hydrogen-bond acceptors (Lipinski definition) is 3. The molecule has 1 aliphatic rings. The maximum absolute atomic E-state index is 12.5. The summed E-state index contributed by atoms with van der Waals surface area (Å²) in [5, 5.41) is 0.968. The Bertz CT molecular complexity index is 456. The van der Waals surface area contributed by atoms with Gasteiger partial charge in [-0.3, -0.25) is 4.79 Å². The summed E-state index contributed by atoms with van der Waals surface area (Å²) in [6.07, 6.45) is 0. The van der Waals surface area contributed by atoms with Gasteiger partial charge in [0.1, 0.15) is 0 Å². The predicted octanol–water partition coefficient (Wildman–Crippen LogP) is 3.00. The van der Waals surface area contributed by atoms with E-state index in [1.165, 1.54) is 0 Å². The molecule has 1 aromatic carbocycles. The molecule has 0 bridgehead atoms. The van der Waals surface area contributed by atoms with Crippen LogP contribution in [0.15, 0.2) is 22.7 Å². The van der Waals surface area contributed by atoms with E-state index in [1.54, 1.807) is 12.1 Å².